The van der Waals surface area contributed by atoms with E-state index in [1.54, 1.807) is 0 Å². The van der Waals surface area contributed by atoms with Gasteiger partial charge in [-0.05, 0) is 18.9 Å². The Morgan fingerprint density at radius 1 is 1.29 bits per heavy atom. The molecule has 6 nitrogen and oxygen atoms in total. The lowest BCUT2D eigenvalue weighted by Gasteiger charge is -2.33. The number of alkyl halides is 3. The number of nitrogens with zero attached hydrogens (tertiary/aromatic N) is 3. The molecule has 1 fully saturated rings. The molecule has 0 aromatic carbocycles. The van der Waals surface area contributed by atoms with Crippen molar-refractivity contribution < 1.29 is 18.0 Å². The molecule has 0 spiro atoms. The molecule has 1 saturated heterocycles. The Hall–Kier alpha value is -2.32. The second-order valence-electron chi connectivity index (χ2n) is 5.84. The second-order valence-corrected chi connectivity index (χ2v) is 5.84. The van der Waals surface area contributed by atoms with Crippen molar-refractivity contribution >= 4 is 12.0 Å². The van der Waals surface area contributed by atoms with Crippen LogP contribution >= 0.6 is 0 Å². The molecule has 1 aromatic rings. The van der Waals surface area contributed by atoms with E-state index in [-0.39, 0.29) is 31.5 Å². The molecular formula is C15H18F3N3O3. The minimum atomic E-state index is -4.32. The summed E-state index contributed by atoms with van der Waals surface area (Å²) in [5, 5.41) is 0. The zero-order chi connectivity index (χ0) is 18.1. The minimum Gasteiger partial charge on any atom is -0.339 e. The van der Waals surface area contributed by atoms with E-state index < -0.39 is 29.3 Å². The topological polar surface area (TPSA) is 64.3 Å². The summed E-state index contributed by atoms with van der Waals surface area (Å²) < 4.78 is 40.4. The van der Waals surface area contributed by atoms with Crippen LogP contribution in [0.4, 0.5) is 13.2 Å². The fourth-order valence-electron chi connectivity index (χ4n) is 2.66. The van der Waals surface area contributed by atoms with Crippen LogP contribution in [0.5, 0.6) is 0 Å². The number of hydrogen-bond donors (Lipinski definition) is 0. The Labute approximate surface area is 135 Å². The second kappa shape index (κ2) is 6.66. The maximum atomic E-state index is 12.8. The molecule has 0 radical (unpaired) electrons. The van der Waals surface area contributed by atoms with Gasteiger partial charge in [0.25, 0.3) is 5.56 Å². The van der Waals surface area contributed by atoms with E-state index in [1.165, 1.54) is 30.9 Å². The molecule has 24 heavy (non-hydrogen) atoms. The molecule has 1 atom stereocenters. The van der Waals surface area contributed by atoms with Gasteiger partial charge >= 0.3 is 11.9 Å². The summed E-state index contributed by atoms with van der Waals surface area (Å²) in [6, 6.07) is 0. The summed E-state index contributed by atoms with van der Waals surface area (Å²) in [6.45, 7) is -0.126. The lowest BCUT2D eigenvalue weighted by Crippen LogP contribution is -2.44. The highest BCUT2D eigenvalue weighted by molar-refractivity contribution is 5.91. The monoisotopic (exact) mass is 345 g/mol. The van der Waals surface area contributed by atoms with Crippen molar-refractivity contribution in [3.63, 3.8) is 0 Å². The van der Waals surface area contributed by atoms with Gasteiger partial charge in [0.15, 0.2) is 0 Å². The average molecular weight is 345 g/mol. The molecule has 0 saturated carbocycles. The quantitative estimate of drug-likeness (QED) is 0.748. The standard InChI is InChI=1S/C15H18F3N3O3/c1-19-8-10(13(23)20(2)14(19)24)5-6-12(22)21-7-3-4-11(9-21)15(16,17)18/h5-6,8,11H,3-4,7,9H2,1-2H3. The largest absolute Gasteiger partial charge is 0.393 e. The third kappa shape index (κ3) is 3.77. The van der Waals surface area contributed by atoms with Gasteiger partial charge < -0.3 is 9.47 Å². The van der Waals surface area contributed by atoms with Gasteiger partial charge in [-0.25, -0.2) is 4.79 Å². The van der Waals surface area contributed by atoms with Gasteiger partial charge in [-0.2, -0.15) is 13.2 Å². The third-order valence-corrected chi connectivity index (χ3v) is 4.07. The van der Waals surface area contributed by atoms with Crippen molar-refractivity contribution in [1.82, 2.24) is 14.0 Å². The van der Waals surface area contributed by atoms with E-state index in [0.717, 1.165) is 15.5 Å². The van der Waals surface area contributed by atoms with Crippen molar-refractivity contribution in [3.8, 4) is 0 Å². The molecule has 1 aromatic heterocycles. The first-order valence-electron chi connectivity index (χ1n) is 7.41. The summed E-state index contributed by atoms with van der Waals surface area (Å²) in [6.07, 6.45) is -0.454. The van der Waals surface area contributed by atoms with E-state index in [2.05, 4.69) is 0 Å². The first-order valence-corrected chi connectivity index (χ1v) is 7.41. The van der Waals surface area contributed by atoms with E-state index in [1.807, 2.05) is 0 Å². The van der Waals surface area contributed by atoms with E-state index >= 15 is 0 Å². The maximum Gasteiger partial charge on any atom is 0.393 e. The highest BCUT2D eigenvalue weighted by atomic mass is 19.4. The number of hydrogen-bond acceptors (Lipinski definition) is 3. The van der Waals surface area contributed by atoms with Crippen LogP contribution in [-0.2, 0) is 18.9 Å². The van der Waals surface area contributed by atoms with Gasteiger partial charge in [-0.15, -0.1) is 0 Å². The van der Waals surface area contributed by atoms with Crippen LogP contribution in [0.2, 0.25) is 0 Å². The number of likely N-dealkylation sites (tertiary alicyclic amines) is 1. The maximum absolute atomic E-state index is 12.8. The number of amides is 1. The fraction of sp³-hybridized carbons (Fsp3) is 0.533. The molecule has 2 heterocycles. The summed E-state index contributed by atoms with van der Waals surface area (Å²) in [5.41, 5.74) is -0.973. The third-order valence-electron chi connectivity index (χ3n) is 4.07. The Morgan fingerprint density at radius 3 is 2.58 bits per heavy atom. The van der Waals surface area contributed by atoms with Crippen molar-refractivity contribution in [2.75, 3.05) is 13.1 Å². The van der Waals surface area contributed by atoms with Crippen LogP contribution in [0.15, 0.2) is 21.9 Å². The number of aromatic nitrogens is 2. The fourth-order valence-corrected chi connectivity index (χ4v) is 2.66. The minimum absolute atomic E-state index is 0.0122. The number of piperidine rings is 1. The molecule has 0 N–H and O–H groups in total. The molecule has 1 aliphatic rings. The van der Waals surface area contributed by atoms with Crippen LogP contribution in [-0.4, -0.2) is 39.2 Å². The molecule has 9 heteroatoms. The molecular weight excluding hydrogens is 327 g/mol. The van der Waals surface area contributed by atoms with Crippen LogP contribution in [0.3, 0.4) is 0 Å². The van der Waals surface area contributed by atoms with Crippen molar-refractivity contribution in [2.24, 2.45) is 20.0 Å². The SMILES string of the molecule is Cn1cc(C=CC(=O)N2CCCC(C(F)(F)F)C2)c(=O)n(C)c1=O. The predicted molar refractivity (Wildman–Crippen MR) is 81.3 cm³/mol. The zero-order valence-electron chi connectivity index (χ0n) is 13.3. The van der Waals surface area contributed by atoms with Crippen molar-refractivity contribution in [3.05, 3.63) is 38.7 Å². The molecule has 2 rings (SSSR count). The molecule has 1 unspecified atom stereocenters. The van der Waals surface area contributed by atoms with E-state index in [0.29, 0.717) is 0 Å². The molecule has 1 aliphatic heterocycles. The smallest absolute Gasteiger partial charge is 0.339 e. The van der Waals surface area contributed by atoms with E-state index in [9.17, 15) is 27.6 Å². The van der Waals surface area contributed by atoms with Crippen LogP contribution in [0.1, 0.15) is 18.4 Å². The van der Waals surface area contributed by atoms with Crippen molar-refractivity contribution in [1.29, 1.82) is 0 Å². The summed E-state index contributed by atoms with van der Waals surface area (Å²) in [5.74, 6) is -2.10. The Bertz CT molecular complexity index is 777. The summed E-state index contributed by atoms with van der Waals surface area (Å²) in [4.78, 5) is 36.7. The van der Waals surface area contributed by atoms with Crippen molar-refractivity contribution in [2.45, 2.75) is 19.0 Å². The zero-order valence-corrected chi connectivity index (χ0v) is 13.3. The number of halogens is 3. The number of rotatable bonds is 2. The highest BCUT2D eigenvalue weighted by Crippen LogP contribution is 2.33. The van der Waals surface area contributed by atoms with Gasteiger partial charge in [0.2, 0.25) is 5.91 Å². The van der Waals surface area contributed by atoms with Gasteiger partial charge in [0.05, 0.1) is 11.5 Å². The van der Waals surface area contributed by atoms with Gasteiger partial charge in [0.1, 0.15) is 0 Å². The number of aryl methyl sites for hydroxylation is 1. The number of carbonyl (C=O) groups excluding carboxylic acids is 1. The van der Waals surface area contributed by atoms with Crippen LogP contribution < -0.4 is 11.2 Å². The summed E-state index contributed by atoms with van der Waals surface area (Å²) >= 11 is 0. The highest BCUT2D eigenvalue weighted by Gasteiger charge is 2.42. The van der Waals surface area contributed by atoms with Gasteiger partial charge in [-0.3, -0.25) is 14.2 Å². The normalized spacial score (nSPS) is 19.0. The van der Waals surface area contributed by atoms with Crippen LogP contribution in [0.25, 0.3) is 6.08 Å². The average Bonchev–Trinajstić information content (AvgIpc) is 2.54. The molecule has 0 aliphatic carbocycles. The van der Waals surface area contributed by atoms with Crippen LogP contribution in [0, 0.1) is 5.92 Å². The number of carbonyl (C=O) groups is 1. The Balaban J connectivity index is 2.17. The first-order chi connectivity index (χ1) is 11.1. The first kappa shape index (κ1) is 18.0. The lowest BCUT2D eigenvalue weighted by atomic mass is 9.97. The van der Waals surface area contributed by atoms with Gasteiger partial charge in [-0.1, -0.05) is 0 Å². The Morgan fingerprint density at radius 2 is 1.96 bits per heavy atom. The predicted octanol–water partition coefficient (Wildman–Crippen LogP) is 0.898. The molecule has 1 amide bonds. The van der Waals surface area contributed by atoms with E-state index in [4.69, 9.17) is 0 Å². The van der Waals surface area contributed by atoms with Gasteiger partial charge in [0, 0.05) is 39.5 Å². The Kier molecular flexibility index (Phi) is 5.00. The lowest BCUT2D eigenvalue weighted by molar-refractivity contribution is -0.187. The molecule has 132 valence electrons. The summed E-state index contributed by atoms with van der Waals surface area (Å²) in [7, 11) is 2.77. The molecule has 0 bridgehead atoms.